The maximum atomic E-state index is 13.6. The first-order valence-electron chi connectivity index (χ1n) is 13.4. The summed E-state index contributed by atoms with van der Waals surface area (Å²) in [6.07, 6.45) is -0.809. The highest BCUT2D eigenvalue weighted by Gasteiger charge is 2.31. The predicted octanol–water partition coefficient (Wildman–Crippen LogP) is 3.31. The Morgan fingerprint density at radius 1 is 0.975 bits per heavy atom. The van der Waals surface area contributed by atoms with E-state index >= 15 is 0 Å². The molecule has 0 saturated heterocycles. The second kappa shape index (κ2) is 14.2. The number of sulfonamides is 1. The smallest absolute Gasteiger partial charge is 0.243 e. The van der Waals surface area contributed by atoms with Gasteiger partial charge in [0.25, 0.3) is 0 Å². The molecule has 0 radical (unpaired) electrons. The topological polar surface area (TPSA) is 125 Å². The van der Waals surface area contributed by atoms with Gasteiger partial charge in [0.05, 0.1) is 23.5 Å². The normalized spacial score (nSPS) is 13.8. The lowest BCUT2D eigenvalue weighted by molar-refractivity contribution is -0.122. The van der Waals surface area contributed by atoms with Gasteiger partial charge in [0.1, 0.15) is 5.84 Å². The highest BCUT2D eigenvalue weighted by atomic mass is 32.2. The Morgan fingerprint density at radius 2 is 1.60 bits per heavy atom. The molecule has 40 heavy (non-hydrogen) atoms. The molecular formula is C31H40N4O4S. The molecule has 4 N–H and O–H groups in total. The average Bonchev–Trinajstić information content (AvgIpc) is 2.92. The van der Waals surface area contributed by atoms with E-state index in [9.17, 15) is 18.3 Å². The van der Waals surface area contributed by atoms with Gasteiger partial charge in [0.2, 0.25) is 15.9 Å². The summed E-state index contributed by atoms with van der Waals surface area (Å²) in [6.45, 7) is 5.80. The average molecular weight is 565 g/mol. The molecule has 1 amide bonds. The van der Waals surface area contributed by atoms with Gasteiger partial charge < -0.3 is 16.2 Å². The number of nitrogens with two attached hydrogens (primary N) is 1. The van der Waals surface area contributed by atoms with Crippen molar-refractivity contribution in [3.05, 3.63) is 101 Å². The molecule has 0 aliphatic rings. The molecule has 0 fully saturated rings. The third-order valence-corrected chi connectivity index (χ3v) is 8.46. The van der Waals surface area contributed by atoms with Crippen molar-refractivity contribution in [1.29, 1.82) is 0 Å². The number of carbonyl (C=O) groups excluding carboxylic acids is 1. The predicted molar refractivity (Wildman–Crippen MR) is 160 cm³/mol. The van der Waals surface area contributed by atoms with Crippen molar-refractivity contribution >= 4 is 21.8 Å². The summed E-state index contributed by atoms with van der Waals surface area (Å²) < 4.78 is 28.5. The molecule has 3 aromatic carbocycles. The van der Waals surface area contributed by atoms with Gasteiger partial charge in [0, 0.05) is 25.7 Å². The quantitative estimate of drug-likeness (QED) is 0.217. The van der Waals surface area contributed by atoms with Gasteiger partial charge in [-0.1, -0.05) is 86.1 Å². The number of amides is 1. The molecule has 0 bridgehead atoms. The molecule has 0 spiro atoms. The van der Waals surface area contributed by atoms with Gasteiger partial charge in [-0.15, -0.1) is 0 Å². The van der Waals surface area contributed by atoms with Gasteiger partial charge in [0.15, 0.2) is 0 Å². The van der Waals surface area contributed by atoms with Crippen LogP contribution in [0.15, 0.2) is 88.8 Å². The van der Waals surface area contributed by atoms with Crippen LogP contribution in [-0.2, 0) is 27.7 Å². The van der Waals surface area contributed by atoms with E-state index in [1.165, 1.54) is 4.31 Å². The molecule has 8 nitrogen and oxygen atoms in total. The molecule has 0 heterocycles. The van der Waals surface area contributed by atoms with E-state index in [-0.39, 0.29) is 36.2 Å². The fraction of sp³-hybridized carbons (Fsp3) is 0.355. The second-order valence-electron chi connectivity index (χ2n) is 10.4. The highest BCUT2D eigenvalue weighted by Crippen LogP contribution is 2.20. The summed E-state index contributed by atoms with van der Waals surface area (Å²) in [6, 6.07) is 22.7. The Bertz CT molecular complexity index is 1390. The fourth-order valence-electron chi connectivity index (χ4n) is 4.50. The molecular weight excluding hydrogens is 524 g/mol. The molecule has 3 aromatic rings. The van der Waals surface area contributed by atoms with Crippen LogP contribution in [0.2, 0.25) is 0 Å². The second-order valence-corrected chi connectivity index (χ2v) is 12.3. The van der Waals surface area contributed by atoms with Crippen LogP contribution >= 0.6 is 0 Å². The zero-order valence-electron chi connectivity index (χ0n) is 23.6. The highest BCUT2D eigenvalue weighted by molar-refractivity contribution is 7.89. The molecule has 2 atom stereocenters. The Labute approximate surface area is 238 Å². The number of nitrogens with one attached hydrogen (secondary N) is 1. The number of aliphatic hydroxyl groups is 1. The van der Waals surface area contributed by atoms with Crippen molar-refractivity contribution in [1.82, 2.24) is 9.62 Å². The van der Waals surface area contributed by atoms with Crippen LogP contribution in [0.25, 0.3) is 0 Å². The minimum atomic E-state index is -3.88. The number of nitrogens with zero attached hydrogens (tertiary/aromatic N) is 2. The Balaban J connectivity index is 1.87. The van der Waals surface area contributed by atoms with E-state index in [0.717, 1.165) is 11.1 Å². The van der Waals surface area contributed by atoms with Gasteiger partial charge >= 0.3 is 0 Å². The van der Waals surface area contributed by atoms with Crippen LogP contribution in [-0.4, -0.2) is 61.9 Å². The largest absolute Gasteiger partial charge is 0.390 e. The van der Waals surface area contributed by atoms with Gasteiger partial charge in [-0.25, -0.2) is 8.42 Å². The summed E-state index contributed by atoms with van der Waals surface area (Å²) in [4.78, 5) is 17.5. The van der Waals surface area contributed by atoms with E-state index in [2.05, 4.69) is 10.3 Å². The first kappa shape index (κ1) is 31.0. The monoisotopic (exact) mass is 564 g/mol. The zero-order valence-corrected chi connectivity index (χ0v) is 24.4. The SMILES string of the molecule is CN=C(N)c1ccccc1CC(=O)NC(Cc1ccccc1)C(O)CN(CC(C)C)S(=O)(=O)c1ccc(C)cc1. The first-order chi connectivity index (χ1) is 19.0. The van der Waals surface area contributed by atoms with Crippen LogP contribution in [0.3, 0.4) is 0 Å². The van der Waals surface area contributed by atoms with Crippen LogP contribution in [0, 0.1) is 12.8 Å². The van der Waals surface area contributed by atoms with Crippen molar-refractivity contribution in [2.45, 2.75) is 50.7 Å². The summed E-state index contributed by atoms with van der Waals surface area (Å²) in [5, 5.41) is 14.4. The number of rotatable bonds is 13. The Morgan fingerprint density at radius 3 is 2.23 bits per heavy atom. The molecule has 3 rings (SSSR count). The van der Waals surface area contributed by atoms with E-state index in [0.29, 0.717) is 23.4 Å². The van der Waals surface area contributed by atoms with Crippen molar-refractivity contribution in [3.63, 3.8) is 0 Å². The molecule has 9 heteroatoms. The summed E-state index contributed by atoms with van der Waals surface area (Å²) >= 11 is 0. The van der Waals surface area contributed by atoms with Crippen molar-refractivity contribution in [2.24, 2.45) is 16.6 Å². The number of carbonyl (C=O) groups is 1. The third kappa shape index (κ3) is 8.48. The lowest BCUT2D eigenvalue weighted by Crippen LogP contribution is -2.51. The molecule has 0 saturated carbocycles. The van der Waals surface area contributed by atoms with E-state index in [4.69, 9.17) is 5.73 Å². The maximum absolute atomic E-state index is 13.6. The Kier molecular flexibility index (Phi) is 11.0. The number of hydrogen-bond acceptors (Lipinski definition) is 5. The summed E-state index contributed by atoms with van der Waals surface area (Å²) in [5.41, 5.74) is 9.27. The lowest BCUT2D eigenvalue weighted by Gasteiger charge is -2.31. The first-order valence-corrected chi connectivity index (χ1v) is 14.8. The van der Waals surface area contributed by atoms with E-state index in [1.807, 2.05) is 69.3 Å². The number of aliphatic hydroxyl groups excluding tert-OH is 1. The standard InChI is InChI=1S/C31H40N4O4S/c1-22(2)20-35(40(38,39)26-16-14-23(3)15-17-26)21-29(36)28(18-24-10-6-5-7-11-24)34-30(37)19-25-12-8-9-13-27(25)31(32)33-4/h5-17,22,28-29,36H,18-21H2,1-4H3,(H2,32,33)(H,34,37). The van der Waals surface area contributed by atoms with Crippen LogP contribution < -0.4 is 11.1 Å². The summed E-state index contributed by atoms with van der Waals surface area (Å²) in [7, 11) is -2.29. The van der Waals surface area contributed by atoms with Crippen LogP contribution in [0.1, 0.15) is 36.1 Å². The Hall–Kier alpha value is -3.53. The van der Waals surface area contributed by atoms with Gasteiger partial charge in [-0.3, -0.25) is 9.79 Å². The molecule has 2 unspecified atom stereocenters. The summed E-state index contributed by atoms with van der Waals surface area (Å²) in [5.74, 6) is 0.0415. The lowest BCUT2D eigenvalue weighted by atomic mass is 9.99. The zero-order chi connectivity index (χ0) is 29.3. The maximum Gasteiger partial charge on any atom is 0.243 e. The van der Waals surface area contributed by atoms with Crippen molar-refractivity contribution in [3.8, 4) is 0 Å². The number of hydrogen-bond donors (Lipinski definition) is 3. The van der Waals surface area contributed by atoms with E-state index in [1.54, 1.807) is 37.4 Å². The van der Waals surface area contributed by atoms with Crippen molar-refractivity contribution in [2.75, 3.05) is 20.1 Å². The number of amidine groups is 1. The number of benzene rings is 3. The molecule has 0 aliphatic heterocycles. The minimum absolute atomic E-state index is 0.0248. The molecule has 214 valence electrons. The molecule has 0 aliphatic carbocycles. The fourth-order valence-corrected chi connectivity index (χ4v) is 6.12. The molecule has 0 aromatic heterocycles. The minimum Gasteiger partial charge on any atom is -0.390 e. The third-order valence-electron chi connectivity index (χ3n) is 6.61. The van der Waals surface area contributed by atoms with E-state index < -0.39 is 22.2 Å². The van der Waals surface area contributed by atoms with Gasteiger partial charge in [-0.2, -0.15) is 4.31 Å². The van der Waals surface area contributed by atoms with Crippen molar-refractivity contribution < 1.29 is 18.3 Å². The number of aliphatic imine (C=N–C) groups is 1. The van der Waals surface area contributed by atoms with Crippen LogP contribution in [0.4, 0.5) is 0 Å². The van der Waals surface area contributed by atoms with Gasteiger partial charge in [-0.05, 0) is 42.5 Å². The number of aryl methyl sites for hydroxylation is 1. The van der Waals surface area contributed by atoms with Crippen LogP contribution in [0.5, 0.6) is 0 Å².